The van der Waals surface area contributed by atoms with Crippen molar-refractivity contribution in [2.75, 3.05) is 19.6 Å². The lowest BCUT2D eigenvalue weighted by Crippen LogP contribution is -2.26. The van der Waals surface area contributed by atoms with E-state index in [0.717, 1.165) is 34.5 Å². The van der Waals surface area contributed by atoms with Crippen LogP contribution in [-0.2, 0) is 6.54 Å². The number of likely N-dealkylation sites (tertiary alicyclic amines) is 1. The molecule has 0 spiro atoms. The molecule has 1 aromatic carbocycles. The summed E-state index contributed by atoms with van der Waals surface area (Å²) < 4.78 is 28.5. The van der Waals surface area contributed by atoms with Gasteiger partial charge < -0.3 is 0 Å². The zero-order chi connectivity index (χ0) is 19.0. The molecule has 1 saturated heterocycles. The average molecular weight is 412 g/mol. The number of aryl methyl sites for hydroxylation is 1. The Labute approximate surface area is 170 Å². The highest BCUT2D eigenvalue weighted by Crippen LogP contribution is 2.29. The molecule has 7 heteroatoms. The smallest absolute Gasteiger partial charge is 0.261 e. The van der Waals surface area contributed by atoms with Gasteiger partial charge in [-0.15, -0.1) is 12.4 Å². The molecule has 1 saturated carbocycles. The number of nitrogens with zero attached hydrogens (tertiary/aromatic N) is 3. The molecule has 2 heterocycles. The third kappa shape index (κ3) is 4.54. The molecule has 0 N–H and O–H groups in total. The fourth-order valence-electron chi connectivity index (χ4n) is 4.21. The number of fused-ring (bicyclic) bond motifs is 1. The van der Waals surface area contributed by atoms with Crippen LogP contribution in [0.25, 0.3) is 10.9 Å². The number of carbonyl (C=O) groups excluding carboxylic acids is 1. The number of ketones is 1. The number of alkyl halides is 2. The second kappa shape index (κ2) is 8.46. The van der Waals surface area contributed by atoms with E-state index in [1.807, 2.05) is 23.7 Å². The van der Waals surface area contributed by atoms with Gasteiger partial charge in [0.05, 0.1) is 12.1 Å². The predicted octanol–water partition coefficient (Wildman–Crippen LogP) is 4.87. The lowest BCUT2D eigenvalue weighted by molar-refractivity contribution is 0.0122. The van der Waals surface area contributed by atoms with Gasteiger partial charge in [-0.2, -0.15) is 5.10 Å². The van der Waals surface area contributed by atoms with E-state index in [0.29, 0.717) is 25.9 Å². The van der Waals surface area contributed by atoms with Crippen LogP contribution in [0.4, 0.5) is 8.78 Å². The van der Waals surface area contributed by atoms with Crippen molar-refractivity contribution in [1.29, 1.82) is 0 Å². The standard InChI is InChI=1S/C21H27F2N3O.ClH/c1-15-17(20(27)6-3-10-25-11-9-21(22,23)14-25)7-8-19-18(15)13-26(24-19)12-16-4-2-5-16;/h7-8,13,16H,2-6,9-12,14H2,1H3;1H. The Hall–Kier alpha value is -1.53. The first kappa shape index (κ1) is 21.2. The zero-order valence-corrected chi connectivity index (χ0v) is 17.1. The van der Waals surface area contributed by atoms with Crippen LogP contribution in [0.2, 0.25) is 0 Å². The van der Waals surface area contributed by atoms with Crippen LogP contribution in [0, 0.1) is 12.8 Å². The van der Waals surface area contributed by atoms with Crippen LogP contribution in [0.5, 0.6) is 0 Å². The van der Waals surface area contributed by atoms with Crippen LogP contribution >= 0.6 is 12.4 Å². The molecule has 1 aromatic heterocycles. The number of carbonyl (C=O) groups is 1. The molecule has 0 amide bonds. The minimum atomic E-state index is -2.56. The molecule has 0 bridgehead atoms. The van der Waals surface area contributed by atoms with Crippen LogP contribution in [0.3, 0.4) is 0 Å². The van der Waals surface area contributed by atoms with Crippen molar-refractivity contribution in [3.8, 4) is 0 Å². The number of halogens is 3. The van der Waals surface area contributed by atoms with Crippen LogP contribution in [-0.4, -0.2) is 46.0 Å². The topological polar surface area (TPSA) is 38.1 Å². The maximum Gasteiger partial charge on any atom is 0.261 e. The van der Waals surface area contributed by atoms with Gasteiger partial charge in [-0.1, -0.05) is 6.42 Å². The quantitative estimate of drug-likeness (QED) is 0.610. The summed E-state index contributed by atoms with van der Waals surface area (Å²) >= 11 is 0. The molecular weight excluding hydrogens is 384 g/mol. The first-order valence-corrected chi connectivity index (χ1v) is 10.0. The van der Waals surface area contributed by atoms with Crippen molar-refractivity contribution in [2.45, 2.75) is 57.9 Å². The van der Waals surface area contributed by atoms with Gasteiger partial charge in [0.1, 0.15) is 0 Å². The van der Waals surface area contributed by atoms with Crippen molar-refractivity contribution in [3.05, 3.63) is 29.5 Å². The Morgan fingerprint density at radius 1 is 1.32 bits per heavy atom. The molecule has 0 atom stereocenters. The Morgan fingerprint density at radius 2 is 2.11 bits per heavy atom. The zero-order valence-electron chi connectivity index (χ0n) is 16.3. The monoisotopic (exact) mass is 411 g/mol. The maximum atomic E-state index is 13.2. The lowest BCUT2D eigenvalue weighted by Gasteiger charge is -2.24. The SMILES string of the molecule is Cc1c(C(=O)CCCN2CCC(F)(F)C2)ccc2nn(CC3CCC3)cc12.Cl. The maximum absolute atomic E-state index is 13.2. The summed E-state index contributed by atoms with van der Waals surface area (Å²) in [6.45, 7) is 3.74. The highest BCUT2D eigenvalue weighted by atomic mass is 35.5. The van der Waals surface area contributed by atoms with E-state index < -0.39 is 5.92 Å². The van der Waals surface area contributed by atoms with Gasteiger partial charge in [0.15, 0.2) is 5.78 Å². The number of hydrogen-bond donors (Lipinski definition) is 0. The van der Waals surface area contributed by atoms with Gasteiger partial charge in [-0.05, 0) is 56.3 Å². The van der Waals surface area contributed by atoms with E-state index in [9.17, 15) is 13.6 Å². The highest BCUT2D eigenvalue weighted by Gasteiger charge is 2.37. The van der Waals surface area contributed by atoms with Gasteiger partial charge in [0.2, 0.25) is 0 Å². The summed E-state index contributed by atoms with van der Waals surface area (Å²) in [5.74, 6) is -1.74. The minimum absolute atomic E-state index is 0. The van der Waals surface area contributed by atoms with E-state index in [1.54, 1.807) is 4.90 Å². The lowest BCUT2D eigenvalue weighted by atomic mass is 9.85. The Bertz CT molecular complexity index is 848. The van der Waals surface area contributed by atoms with Gasteiger partial charge in [-0.25, -0.2) is 8.78 Å². The molecule has 0 radical (unpaired) electrons. The van der Waals surface area contributed by atoms with E-state index in [4.69, 9.17) is 0 Å². The molecule has 2 fully saturated rings. The molecule has 2 aromatic rings. The van der Waals surface area contributed by atoms with E-state index >= 15 is 0 Å². The number of hydrogen-bond acceptors (Lipinski definition) is 3. The summed E-state index contributed by atoms with van der Waals surface area (Å²) in [6.07, 6.45) is 6.88. The van der Waals surface area contributed by atoms with Crippen molar-refractivity contribution in [1.82, 2.24) is 14.7 Å². The summed E-state index contributed by atoms with van der Waals surface area (Å²) in [5.41, 5.74) is 2.64. The van der Waals surface area contributed by atoms with Crippen LogP contribution in [0.1, 0.15) is 54.4 Å². The molecule has 154 valence electrons. The Kier molecular flexibility index (Phi) is 6.40. The number of benzene rings is 1. The number of aromatic nitrogens is 2. The van der Waals surface area contributed by atoms with Crippen molar-refractivity contribution in [3.63, 3.8) is 0 Å². The normalized spacial score (nSPS) is 19.5. The van der Waals surface area contributed by atoms with E-state index in [1.165, 1.54) is 19.3 Å². The second-order valence-electron chi connectivity index (χ2n) is 8.23. The average Bonchev–Trinajstić information content (AvgIpc) is 3.14. The summed E-state index contributed by atoms with van der Waals surface area (Å²) in [4.78, 5) is 14.4. The molecule has 4 nitrogen and oxygen atoms in total. The minimum Gasteiger partial charge on any atom is -0.297 e. The van der Waals surface area contributed by atoms with E-state index in [2.05, 4.69) is 11.3 Å². The largest absolute Gasteiger partial charge is 0.297 e. The summed E-state index contributed by atoms with van der Waals surface area (Å²) in [7, 11) is 0. The molecule has 1 aliphatic heterocycles. The Morgan fingerprint density at radius 3 is 2.75 bits per heavy atom. The summed E-state index contributed by atoms with van der Waals surface area (Å²) in [5, 5.41) is 5.69. The van der Waals surface area contributed by atoms with Crippen LogP contribution in [0.15, 0.2) is 18.3 Å². The molecule has 28 heavy (non-hydrogen) atoms. The fraction of sp³-hybridized carbons (Fsp3) is 0.619. The van der Waals surface area contributed by atoms with Crippen molar-refractivity contribution >= 4 is 29.1 Å². The van der Waals surface area contributed by atoms with Gasteiger partial charge >= 0.3 is 0 Å². The molecule has 1 aliphatic carbocycles. The number of Topliss-reactive ketones (excluding diaryl/α,β-unsaturated/α-hetero) is 1. The van der Waals surface area contributed by atoms with Crippen molar-refractivity contribution < 1.29 is 13.6 Å². The van der Waals surface area contributed by atoms with E-state index in [-0.39, 0.29) is 31.2 Å². The van der Waals surface area contributed by atoms with Gasteiger partial charge in [-0.3, -0.25) is 14.4 Å². The Balaban J connectivity index is 0.00000225. The molecule has 4 rings (SSSR count). The first-order valence-electron chi connectivity index (χ1n) is 10.0. The third-order valence-electron chi connectivity index (χ3n) is 6.10. The number of rotatable bonds is 7. The summed E-state index contributed by atoms with van der Waals surface area (Å²) in [6, 6.07) is 3.79. The van der Waals surface area contributed by atoms with Gasteiger partial charge in [0, 0.05) is 43.1 Å². The fourth-order valence-corrected chi connectivity index (χ4v) is 4.21. The molecule has 2 aliphatic rings. The first-order chi connectivity index (χ1) is 12.9. The predicted molar refractivity (Wildman–Crippen MR) is 109 cm³/mol. The second-order valence-corrected chi connectivity index (χ2v) is 8.23. The van der Waals surface area contributed by atoms with Crippen LogP contribution < -0.4 is 0 Å². The molecule has 0 unspecified atom stereocenters. The molecular formula is C21H28ClF2N3O. The third-order valence-corrected chi connectivity index (χ3v) is 6.10. The highest BCUT2D eigenvalue weighted by molar-refractivity contribution is 6.01. The van der Waals surface area contributed by atoms with Crippen molar-refractivity contribution in [2.24, 2.45) is 5.92 Å². The van der Waals surface area contributed by atoms with Gasteiger partial charge in [0.25, 0.3) is 5.92 Å².